The lowest BCUT2D eigenvalue weighted by molar-refractivity contribution is -0.135. The van der Waals surface area contributed by atoms with E-state index in [-0.39, 0.29) is 4.90 Å². The second kappa shape index (κ2) is 5.80. The summed E-state index contributed by atoms with van der Waals surface area (Å²) in [5.41, 5.74) is 0.851. The third-order valence-electron chi connectivity index (χ3n) is 2.49. The van der Waals surface area contributed by atoms with Crippen molar-refractivity contribution < 1.29 is 21.6 Å². The first kappa shape index (κ1) is 16.5. The normalized spacial score (nSPS) is 13.0. The fourth-order valence-corrected chi connectivity index (χ4v) is 3.71. The van der Waals surface area contributed by atoms with Crippen molar-refractivity contribution in [3.05, 3.63) is 28.2 Å². The number of hydrogen-bond acceptors (Lipinski definition) is 2. The number of rotatable bonds is 4. The van der Waals surface area contributed by atoms with Gasteiger partial charge in [0.05, 0.1) is 11.3 Å². The van der Waals surface area contributed by atoms with Crippen molar-refractivity contribution in [2.45, 2.75) is 24.4 Å². The van der Waals surface area contributed by atoms with E-state index < -0.39 is 29.2 Å². The van der Waals surface area contributed by atoms with Crippen LogP contribution in [0.15, 0.2) is 27.6 Å². The van der Waals surface area contributed by atoms with Crippen LogP contribution in [0.2, 0.25) is 0 Å². The maximum Gasteiger partial charge on any atom is 0.390 e. The summed E-state index contributed by atoms with van der Waals surface area (Å²) in [4.78, 5) is -0.0391. The molecule has 0 amide bonds. The third-order valence-corrected chi connectivity index (χ3v) is 5.32. The van der Waals surface area contributed by atoms with Gasteiger partial charge in [0.2, 0.25) is 10.0 Å². The SMILES string of the molecule is Cc1ccc(S(=O)(=O)N(C)CCC(F)(F)F)c(Br)c1. The molecule has 0 aliphatic carbocycles. The van der Waals surface area contributed by atoms with Gasteiger partial charge in [0.15, 0.2) is 0 Å². The van der Waals surface area contributed by atoms with Crippen LogP contribution in [0.3, 0.4) is 0 Å². The van der Waals surface area contributed by atoms with Crippen LogP contribution in [0.5, 0.6) is 0 Å². The highest BCUT2D eigenvalue weighted by atomic mass is 79.9. The first-order chi connectivity index (χ1) is 8.54. The largest absolute Gasteiger partial charge is 0.390 e. The highest BCUT2D eigenvalue weighted by molar-refractivity contribution is 9.10. The van der Waals surface area contributed by atoms with Gasteiger partial charge in [-0.3, -0.25) is 0 Å². The lowest BCUT2D eigenvalue weighted by Gasteiger charge is -2.19. The van der Waals surface area contributed by atoms with Crippen LogP contribution < -0.4 is 0 Å². The maximum absolute atomic E-state index is 12.1. The van der Waals surface area contributed by atoms with E-state index in [0.717, 1.165) is 12.6 Å². The summed E-state index contributed by atoms with van der Waals surface area (Å²) in [6.07, 6.45) is -5.56. The Morgan fingerprint density at radius 1 is 1.32 bits per heavy atom. The van der Waals surface area contributed by atoms with Gasteiger partial charge in [-0.25, -0.2) is 12.7 Å². The van der Waals surface area contributed by atoms with Crippen LogP contribution in [-0.4, -0.2) is 32.5 Å². The molecule has 19 heavy (non-hydrogen) atoms. The molecule has 0 aliphatic heterocycles. The Bertz CT molecular complexity index is 558. The molecule has 108 valence electrons. The summed E-state index contributed by atoms with van der Waals surface area (Å²) in [5, 5.41) is 0. The summed E-state index contributed by atoms with van der Waals surface area (Å²) in [5.74, 6) is 0. The van der Waals surface area contributed by atoms with Crippen LogP contribution >= 0.6 is 15.9 Å². The second-order valence-electron chi connectivity index (χ2n) is 4.13. The minimum absolute atomic E-state index is 0.0391. The number of alkyl halides is 3. The van der Waals surface area contributed by atoms with Crippen molar-refractivity contribution in [2.24, 2.45) is 0 Å². The zero-order chi connectivity index (χ0) is 14.8. The van der Waals surface area contributed by atoms with Gasteiger partial charge in [-0.2, -0.15) is 13.2 Å². The summed E-state index contributed by atoms with van der Waals surface area (Å²) in [6, 6.07) is 4.57. The predicted octanol–water partition coefficient (Wildman–Crippen LogP) is 3.33. The van der Waals surface area contributed by atoms with Gasteiger partial charge in [-0.15, -0.1) is 0 Å². The zero-order valence-corrected chi connectivity index (χ0v) is 12.7. The predicted molar refractivity (Wildman–Crippen MR) is 69.4 cm³/mol. The van der Waals surface area contributed by atoms with Gasteiger partial charge in [0.25, 0.3) is 0 Å². The molecule has 0 aliphatic rings. The average molecular weight is 360 g/mol. The molecule has 1 aromatic rings. The van der Waals surface area contributed by atoms with Crippen molar-refractivity contribution >= 4 is 26.0 Å². The Balaban J connectivity index is 2.97. The molecule has 3 nitrogen and oxygen atoms in total. The second-order valence-corrected chi connectivity index (χ2v) is 6.99. The number of halogens is 4. The maximum atomic E-state index is 12.1. The van der Waals surface area contributed by atoms with Gasteiger partial charge in [0.1, 0.15) is 0 Å². The van der Waals surface area contributed by atoms with Crippen molar-refractivity contribution in [2.75, 3.05) is 13.6 Å². The smallest absolute Gasteiger partial charge is 0.207 e. The average Bonchev–Trinajstić information content (AvgIpc) is 2.24. The van der Waals surface area contributed by atoms with Gasteiger partial charge in [-0.05, 0) is 40.5 Å². The molecule has 0 radical (unpaired) electrons. The van der Waals surface area contributed by atoms with E-state index in [9.17, 15) is 21.6 Å². The van der Waals surface area contributed by atoms with Crippen molar-refractivity contribution in [3.8, 4) is 0 Å². The topological polar surface area (TPSA) is 37.4 Å². The molecule has 8 heteroatoms. The molecule has 0 unspecified atom stereocenters. The molecule has 0 fully saturated rings. The van der Waals surface area contributed by atoms with Crippen LogP contribution in [-0.2, 0) is 10.0 Å². The highest BCUT2D eigenvalue weighted by Gasteiger charge is 2.31. The minimum Gasteiger partial charge on any atom is -0.207 e. The molecule has 0 bridgehead atoms. The number of hydrogen-bond donors (Lipinski definition) is 0. The van der Waals surface area contributed by atoms with E-state index in [1.54, 1.807) is 19.1 Å². The van der Waals surface area contributed by atoms with E-state index in [2.05, 4.69) is 15.9 Å². The zero-order valence-electron chi connectivity index (χ0n) is 10.3. The van der Waals surface area contributed by atoms with E-state index in [1.165, 1.54) is 6.07 Å². The third kappa shape index (κ3) is 4.47. The summed E-state index contributed by atoms with van der Waals surface area (Å²) >= 11 is 3.11. The number of nitrogens with zero attached hydrogens (tertiary/aromatic N) is 1. The number of aryl methyl sites for hydroxylation is 1. The van der Waals surface area contributed by atoms with Crippen LogP contribution in [0, 0.1) is 6.92 Å². The molecule has 1 rings (SSSR count). The first-order valence-electron chi connectivity index (χ1n) is 5.33. The van der Waals surface area contributed by atoms with Gasteiger partial charge in [-0.1, -0.05) is 6.07 Å². The molecule has 0 heterocycles. The molecular weight excluding hydrogens is 347 g/mol. The van der Waals surface area contributed by atoms with Gasteiger partial charge < -0.3 is 0 Å². The summed E-state index contributed by atoms with van der Waals surface area (Å²) in [7, 11) is -2.79. The van der Waals surface area contributed by atoms with Gasteiger partial charge in [0, 0.05) is 18.1 Å². The van der Waals surface area contributed by atoms with E-state index in [1.807, 2.05) is 0 Å². The minimum atomic E-state index is -4.38. The fourth-order valence-electron chi connectivity index (χ4n) is 1.39. The Morgan fingerprint density at radius 2 is 1.89 bits per heavy atom. The Labute approximate surface area is 118 Å². The summed E-state index contributed by atoms with van der Waals surface area (Å²) in [6.45, 7) is 1.18. The Kier molecular flexibility index (Phi) is 5.02. The molecular formula is C11H13BrF3NO2S. The number of benzene rings is 1. The highest BCUT2D eigenvalue weighted by Crippen LogP contribution is 2.27. The standard InChI is InChI=1S/C11H13BrF3NO2S/c1-8-3-4-10(9(12)7-8)19(17,18)16(2)6-5-11(13,14)15/h3-4,7H,5-6H2,1-2H3. The molecule has 0 saturated carbocycles. The van der Waals surface area contributed by atoms with Crippen molar-refractivity contribution in [1.82, 2.24) is 4.31 Å². The molecule has 0 atom stereocenters. The van der Waals surface area contributed by atoms with E-state index in [4.69, 9.17) is 0 Å². The molecule has 1 aromatic carbocycles. The van der Waals surface area contributed by atoms with Crippen LogP contribution in [0.4, 0.5) is 13.2 Å². The Morgan fingerprint density at radius 3 is 2.37 bits per heavy atom. The first-order valence-corrected chi connectivity index (χ1v) is 7.56. The lowest BCUT2D eigenvalue weighted by atomic mass is 10.2. The van der Waals surface area contributed by atoms with Crippen LogP contribution in [0.1, 0.15) is 12.0 Å². The monoisotopic (exact) mass is 359 g/mol. The fraction of sp³-hybridized carbons (Fsp3) is 0.455. The quantitative estimate of drug-likeness (QED) is 0.826. The lowest BCUT2D eigenvalue weighted by Crippen LogP contribution is -2.30. The van der Waals surface area contributed by atoms with Crippen molar-refractivity contribution in [3.63, 3.8) is 0 Å². The van der Waals surface area contributed by atoms with Crippen molar-refractivity contribution in [1.29, 1.82) is 0 Å². The molecule has 0 saturated heterocycles. The number of sulfonamides is 1. The molecule has 0 spiro atoms. The van der Waals surface area contributed by atoms with E-state index >= 15 is 0 Å². The summed E-state index contributed by atoms with van der Waals surface area (Å²) < 4.78 is 61.6. The van der Waals surface area contributed by atoms with Crippen LogP contribution in [0.25, 0.3) is 0 Å². The van der Waals surface area contributed by atoms with E-state index in [0.29, 0.717) is 8.78 Å². The molecule has 0 N–H and O–H groups in total. The Hall–Kier alpha value is -0.600. The molecule has 0 aromatic heterocycles. The van der Waals surface area contributed by atoms with Gasteiger partial charge >= 0.3 is 6.18 Å².